The molecule has 0 saturated carbocycles. The minimum absolute atomic E-state index is 0.284. The molecular formula is C18H29NO3. The smallest absolute Gasteiger partial charge is 0.338 e. The van der Waals surface area contributed by atoms with Crippen LogP contribution < -0.4 is 0 Å². The molecular weight excluding hydrogens is 278 g/mol. The minimum atomic E-state index is -0.284. The first-order chi connectivity index (χ1) is 10.7. The van der Waals surface area contributed by atoms with Crippen LogP contribution in [0.5, 0.6) is 0 Å². The first-order valence-corrected chi connectivity index (χ1v) is 8.27. The summed E-state index contributed by atoms with van der Waals surface area (Å²) in [5.74, 6) is -0.284. The molecule has 0 unspecified atom stereocenters. The molecule has 4 nitrogen and oxygen atoms in total. The molecule has 4 heteroatoms. The summed E-state index contributed by atoms with van der Waals surface area (Å²) >= 11 is 0. The molecule has 124 valence electrons. The number of benzene rings is 1. The normalized spacial score (nSPS) is 10.9. The summed E-state index contributed by atoms with van der Waals surface area (Å²) in [6.07, 6.45) is 2.15. The molecule has 0 N–H and O–H groups in total. The Kier molecular flexibility index (Phi) is 9.51. The van der Waals surface area contributed by atoms with E-state index in [4.69, 9.17) is 9.47 Å². The molecule has 0 spiro atoms. The molecule has 22 heavy (non-hydrogen) atoms. The van der Waals surface area contributed by atoms with Crippen molar-refractivity contribution in [1.29, 1.82) is 0 Å². The van der Waals surface area contributed by atoms with E-state index in [0.717, 1.165) is 39.1 Å². The third-order valence-corrected chi connectivity index (χ3v) is 3.59. The van der Waals surface area contributed by atoms with E-state index in [1.807, 2.05) is 24.3 Å². The zero-order valence-corrected chi connectivity index (χ0v) is 14.1. The van der Waals surface area contributed by atoms with Gasteiger partial charge in [-0.3, -0.25) is 4.90 Å². The van der Waals surface area contributed by atoms with Crippen LogP contribution >= 0.6 is 0 Å². The Bertz CT molecular complexity index is 413. The largest absolute Gasteiger partial charge is 0.460 e. The van der Waals surface area contributed by atoms with Gasteiger partial charge in [0.1, 0.15) is 6.61 Å². The van der Waals surface area contributed by atoms with Crippen molar-refractivity contribution in [2.24, 2.45) is 0 Å². The summed E-state index contributed by atoms with van der Waals surface area (Å²) in [4.78, 5) is 14.2. The van der Waals surface area contributed by atoms with Crippen LogP contribution in [0.3, 0.4) is 0 Å². The van der Waals surface area contributed by atoms with Gasteiger partial charge < -0.3 is 9.47 Å². The summed E-state index contributed by atoms with van der Waals surface area (Å²) in [6, 6.07) is 7.65. The van der Waals surface area contributed by atoms with E-state index in [9.17, 15) is 4.79 Å². The second-order valence-electron chi connectivity index (χ2n) is 5.26. The van der Waals surface area contributed by atoms with Crippen LogP contribution in [-0.2, 0) is 16.0 Å². The Morgan fingerprint density at radius 1 is 1.00 bits per heavy atom. The lowest BCUT2D eigenvalue weighted by Gasteiger charge is -2.17. The van der Waals surface area contributed by atoms with Crippen molar-refractivity contribution >= 4 is 5.97 Å². The molecule has 0 aliphatic rings. The van der Waals surface area contributed by atoms with E-state index < -0.39 is 0 Å². The number of hydrogen-bond donors (Lipinski definition) is 0. The quantitative estimate of drug-likeness (QED) is 0.463. The number of nitrogens with zero attached hydrogens (tertiary/aromatic N) is 1. The molecule has 0 radical (unpaired) electrons. The number of hydrogen-bond acceptors (Lipinski definition) is 4. The van der Waals surface area contributed by atoms with Crippen molar-refractivity contribution in [3.8, 4) is 0 Å². The fraction of sp³-hybridized carbons (Fsp3) is 0.611. The predicted molar refractivity (Wildman–Crippen MR) is 89.1 cm³/mol. The van der Waals surface area contributed by atoms with E-state index in [0.29, 0.717) is 18.8 Å². The van der Waals surface area contributed by atoms with Gasteiger partial charge in [-0.15, -0.1) is 0 Å². The highest BCUT2D eigenvalue weighted by Gasteiger charge is 2.07. The summed E-state index contributed by atoms with van der Waals surface area (Å²) in [5.41, 5.74) is 1.81. The van der Waals surface area contributed by atoms with Crippen molar-refractivity contribution in [2.75, 3.05) is 32.9 Å². The van der Waals surface area contributed by atoms with Crippen LogP contribution in [0, 0.1) is 0 Å². The van der Waals surface area contributed by atoms with Crippen LogP contribution in [-0.4, -0.2) is 43.8 Å². The van der Waals surface area contributed by atoms with Crippen molar-refractivity contribution in [1.82, 2.24) is 4.90 Å². The van der Waals surface area contributed by atoms with Gasteiger partial charge in [-0.1, -0.05) is 39.3 Å². The number of carbonyl (C=O) groups excluding carboxylic acids is 1. The first-order valence-electron chi connectivity index (χ1n) is 8.27. The summed E-state index contributed by atoms with van der Waals surface area (Å²) < 4.78 is 10.6. The lowest BCUT2D eigenvalue weighted by molar-refractivity contribution is 0.0314. The van der Waals surface area contributed by atoms with E-state index in [-0.39, 0.29) is 5.97 Å². The predicted octanol–water partition coefficient (Wildman–Crippen LogP) is 3.50. The van der Waals surface area contributed by atoms with Crippen LogP contribution in [0.1, 0.15) is 49.5 Å². The third-order valence-electron chi connectivity index (χ3n) is 3.59. The molecule has 0 aliphatic heterocycles. The van der Waals surface area contributed by atoms with Gasteiger partial charge in [0.25, 0.3) is 0 Å². The fourth-order valence-electron chi connectivity index (χ4n) is 2.08. The van der Waals surface area contributed by atoms with E-state index in [1.165, 1.54) is 5.56 Å². The average Bonchev–Trinajstić information content (AvgIpc) is 2.56. The van der Waals surface area contributed by atoms with E-state index in [1.54, 1.807) is 0 Å². The first kappa shape index (κ1) is 18.7. The maximum Gasteiger partial charge on any atom is 0.338 e. The Morgan fingerprint density at radius 3 is 2.27 bits per heavy atom. The molecule has 1 aromatic carbocycles. The van der Waals surface area contributed by atoms with Crippen molar-refractivity contribution in [2.45, 2.75) is 40.2 Å². The van der Waals surface area contributed by atoms with Crippen LogP contribution in [0.15, 0.2) is 24.3 Å². The van der Waals surface area contributed by atoms with Crippen LogP contribution in [0.25, 0.3) is 0 Å². The Hall–Kier alpha value is -1.39. The molecule has 0 atom stereocenters. The highest BCUT2D eigenvalue weighted by atomic mass is 16.6. The average molecular weight is 307 g/mol. The number of esters is 1. The molecule has 0 bridgehead atoms. The maximum absolute atomic E-state index is 11.9. The Morgan fingerprint density at radius 2 is 1.68 bits per heavy atom. The van der Waals surface area contributed by atoms with Crippen LogP contribution in [0.2, 0.25) is 0 Å². The Balaban J connectivity index is 2.34. The summed E-state index contributed by atoms with van der Waals surface area (Å²) in [7, 11) is 0. The zero-order chi connectivity index (χ0) is 16.2. The summed E-state index contributed by atoms with van der Waals surface area (Å²) in [6.45, 7) is 10.9. The fourth-order valence-corrected chi connectivity index (χ4v) is 2.08. The van der Waals surface area contributed by atoms with Gasteiger partial charge in [0.2, 0.25) is 0 Å². The molecule has 1 aromatic rings. The van der Waals surface area contributed by atoms with E-state index >= 15 is 0 Å². The highest BCUT2D eigenvalue weighted by Crippen LogP contribution is 2.08. The zero-order valence-electron chi connectivity index (χ0n) is 14.1. The summed E-state index contributed by atoms with van der Waals surface area (Å²) in [5, 5.41) is 0. The molecule has 0 aliphatic carbocycles. The number of ether oxygens (including phenoxy) is 2. The monoisotopic (exact) mass is 307 g/mol. The van der Waals surface area contributed by atoms with Gasteiger partial charge in [0.05, 0.1) is 12.2 Å². The lowest BCUT2D eigenvalue weighted by Crippen LogP contribution is -2.22. The van der Waals surface area contributed by atoms with Gasteiger partial charge in [0, 0.05) is 13.2 Å². The minimum Gasteiger partial charge on any atom is -0.460 e. The second kappa shape index (κ2) is 11.2. The Labute approximate surface area is 134 Å². The van der Waals surface area contributed by atoms with Gasteiger partial charge in [-0.2, -0.15) is 0 Å². The van der Waals surface area contributed by atoms with Gasteiger partial charge in [-0.05, 0) is 37.2 Å². The second-order valence-corrected chi connectivity index (χ2v) is 5.26. The third kappa shape index (κ3) is 7.05. The van der Waals surface area contributed by atoms with E-state index in [2.05, 4.69) is 25.7 Å². The molecule has 0 amide bonds. The number of unbranched alkanes of at least 4 members (excludes halogenated alkanes) is 1. The number of carbonyl (C=O) groups is 1. The van der Waals surface area contributed by atoms with Gasteiger partial charge in [0.15, 0.2) is 0 Å². The van der Waals surface area contributed by atoms with Gasteiger partial charge in [-0.25, -0.2) is 4.79 Å². The van der Waals surface area contributed by atoms with Crippen molar-refractivity contribution in [3.05, 3.63) is 35.4 Å². The standard InChI is InChI=1S/C18H29NO3/c1-4-7-12-21-13-14-22-18(20)17-10-8-16(9-11-17)15-19(5-2)6-3/h8-11H,4-7,12-15H2,1-3H3. The highest BCUT2D eigenvalue weighted by molar-refractivity contribution is 5.89. The SMILES string of the molecule is CCCCOCCOC(=O)c1ccc(CN(CC)CC)cc1. The number of rotatable bonds is 11. The lowest BCUT2D eigenvalue weighted by atomic mass is 10.1. The molecule has 0 fully saturated rings. The maximum atomic E-state index is 11.9. The molecule has 0 heterocycles. The molecule has 1 rings (SSSR count). The van der Waals surface area contributed by atoms with Crippen molar-refractivity contribution in [3.63, 3.8) is 0 Å². The molecule has 0 aromatic heterocycles. The van der Waals surface area contributed by atoms with Gasteiger partial charge >= 0.3 is 5.97 Å². The van der Waals surface area contributed by atoms with Crippen LogP contribution in [0.4, 0.5) is 0 Å². The topological polar surface area (TPSA) is 38.8 Å². The molecule has 0 saturated heterocycles. The van der Waals surface area contributed by atoms with Crippen molar-refractivity contribution < 1.29 is 14.3 Å².